The van der Waals surface area contributed by atoms with E-state index in [0.717, 1.165) is 12.2 Å². The van der Waals surface area contributed by atoms with Crippen molar-refractivity contribution in [2.24, 2.45) is 0 Å². The standard InChI is InChI=1S/C6H9NO2S/c1-4(8)7-5-2-3-10-6(5)9/h5H,2-3H2,1H3,(H,7,8)/t5-/m0/s1. The fourth-order valence-electron chi connectivity index (χ4n) is 0.872. The number of carbonyl (C=O) groups is 2. The Bertz CT molecular complexity index is 169. The summed E-state index contributed by atoms with van der Waals surface area (Å²) in [5.41, 5.74) is 0. The summed E-state index contributed by atoms with van der Waals surface area (Å²) in [6.45, 7) is 1.43. The van der Waals surface area contributed by atoms with Gasteiger partial charge in [0, 0.05) is 12.7 Å². The van der Waals surface area contributed by atoms with Gasteiger partial charge in [-0.2, -0.15) is 0 Å². The average Bonchev–Trinajstić information content (AvgIpc) is 2.15. The molecule has 0 aromatic rings. The third-order valence-electron chi connectivity index (χ3n) is 1.31. The second kappa shape index (κ2) is 3.05. The Morgan fingerprint density at radius 2 is 2.50 bits per heavy atom. The minimum absolute atomic E-state index is 0.0928. The van der Waals surface area contributed by atoms with Crippen LogP contribution in [0.25, 0.3) is 0 Å². The molecule has 56 valence electrons. The Morgan fingerprint density at radius 3 is 2.90 bits per heavy atom. The van der Waals surface area contributed by atoms with Gasteiger partial charge < -0.3 is 5.32 Å². The van der Waals surface area contributed by atoms with Crippen molar-refractivity contribution in [2.75, 3.05) is 5.75 Å². The van der Waals surface area contributed by atoms with Gasteiger partial charge in [-0.3, -0.25) is 9.59 Å². The third kappa shape index (κ3) is 1.73. The summed E-state index contributed by atoms with van der Waals surface area (Å²) in [5, 5.41) is 2.67. The monoisotopic (exact) mass is 159 g/mol. The van der Waals surface area contributed by atoms with E-state index < -0.39 is 0 Å². The van der Waals surface area contributed by atoms with Crippen LogP contribution in [0.3, 0.4) is 0 Å². The van der Waals surface area contributed by atoms with Crippen molar-refractivity contribution >= 4 is 22.8 Å². The van der Waals surface area contributed by atoms with Crippen LogP contribution in [-0.2, 0) is 9.59 Å². The van der Waals surface area contributed by atoms with Crippen LogP contribution in [0.15, 0.2) is 0 Å². The molecule has 1 saturated heterocycles. The molecule has 10 heavy (non-hydrogen) atoms. The van der Waals surface area contributed by atoms with Gasteiger partial charge in [-0.25, -0.2) is 0 Å². The summed E-state index contributed by atoms with van der Waals surface area (Å²) in [4.78, 5) is 21.3. The van der Waals surface area contributed by atoms with Gasteiger partial charge in [0.1, 0.15) is 0 Å². The topological polar surface area (TPSA) is 46.2 Å². The fraction of sp³-hybridized carbons (Fsp3) is 0.667. The molecule has 0 aliphatic carbocycles. The molecule has 1 fully saturated rings. The molecule has 1 rings (SSSR count). The summed E-state index contributed by atoms with van der Waals surface area (Å²) in [6, 6.07) is -0.220. The number of nitrogens with one attached hydrogen (secondary N) is 1. The highest BCUT2D eigenvalue weighted by Gasteiger charge is 2.25. The summed E-state index contributed by atoms with van der Waals surface area (Å²) in [7, 11) is 0. The van der Waals surface area contributed by atoms with E-state index in [9.17, 15) is 9.59 Å². The van der Waals surface area contributed by atoms with Gasteiger partial charge in [0.15, 0.2) is 0 Å². The molecule has 3 nitrogen and oxygen atoms in total. The Balaban J connectivity index is 2.40. The van der Waals surface area contributed by atoms with E-state index >= 15 is 0 Å². The minimum Gasteiger partial charge on any atom is -0.346 e. The predicted molar refractivity (Wildman–Crippen MR) is 39.7 cm³/mol. The van der Waals surface area contributed by atoms with Crippen molar-refractivity contribution in [1.82, 2.24) is 5.32 Å². The van der Waals surface area contributed by atoms with Crippen molar-refractivity contribution in [3.63, 3.8) is 0 Å². The van der Waals surface area contributed by atoms with Crippen LogP contribution in [0.4, 0.5) is 0 Å². The summed E-state index contributed by atoms with van der Waals surface area (Å²) in [6.07, 6.45) is 0.781. The van der Waals surface area contributed by atoms with E-state index in [1.807, 2.05) is 0 Å². The lowest BCUT2D eigenvalue weighted by Crippen LogP contribution is -2.35. The number of hydrogen-bond donors (Lipinski definition) is 1. The zero-order valence-corrected chi connectivity index (χ0v) is 6.53. The van der Waals surface area contributed by atoms with Gasteiger partial charge >= 0.3 is 0 Å². The van der Waals surface area contributed by atoms with E-state index in [1.165, 1.54) is 18.7 Å². The molecule has 0 bridgehead atoms. The lowest BCUT2D eigenvalue weighted by Gasteiger charge is -2.05. The Labute approximate surface area is 63.6 Å². The highest BCUT2D eigenvalue weighted by molar-refractivity contribution is 8.14. The molecule has 1 aliphatic rings. The van der Waals surface area contributed by atoms with E-state index in [2.05, 4.69) is 5.32 Å². The van der Waals surface area contributed by atoms with Crippen LogP contribution in [-0.4, -0.2) is 22.8 Å². The molecule has 0 aromatic carbocycles. The lowest BCUT2D eigenvalue weighted by atomic mass is 10.2. The number of amides is 1. The molecule has 0 aromatic heterocycles. The average molecular weight is 159 g/mol. The number of thioether (sulfide) groups is 1. The summed E-state index contributed by atoms with van der Waals surface area (Å²) in [5.74, 6) is 0.713. The van der Waals surface area contributed by atoms with Gasteiger partial charge in [0.25, 0.3) is 0 Å². The molecule has 1 amide bonds. The molecule has 4 heteroatoms. The van der Waals surface area contributed by atoms with Crippen LogP contribution in [0.5, 0.6) is 0 Å². The van der Waals surface area contributed by atoms with Crippen molar-refractivity contribution in [3.8, 4) is 0 Å². The van der Waals surface area contributed by atoms with E-state index in [-0.39, 0.29) is 17.1 Å². The van der Waals surface area contributed by atoms with E-state index in [0.29, 0.717) is 0 Å². The summed E-state index contributed by atoms with van der Waals surface area (Å²) < 4.78 is 0. The van der Waals surface area contributed by atoms with Gasteiger partial charge in [-0.1, -0.05) is 11.8 Å². The van der Waals surface area contributed by atoms with Crippen molar-refractivity contribution < 1.29 is 9.59 Å². The molecular formula is C6H9NO2S. The van der Waals surface area contributed by atoms with Crippen LogP contribution >= 0.6 is 11.8 Å². The Hall–Kier alpha value is -0.510. The zero-order valence-electron chi connectivity index (χ0n) is 5.72. The maximum Gasteiger partial charge on any atom is 0.217 e. The van der Waals surface area contributed by atoms with Gasteiger partial charge in [-0.05, 0) is 6.42 Å². The van der Waals surface area contributed by atoms with Gasteiger partial charge in [0.2, 0.25) is 11.0 Å². The molecule has 1 atom stereocenters. The number of rotatable bonds is 1. The predicted octanol–water partition coefficient (Wildman–Crippen LogP) is 0.155. The largest absolute Gasteiger partial charge is 0.346 e. The maximum atomic E-state index is 10.9. The Kier molecular flexibility index (Phi) is 2.32. The van der Waals surface area contributed by atoms with E-state index in [1.54, 1.807) is 0 Å². The second-order valence-electron chi connectivity index (χ2n) is 2.21. The zero-order chi connectivity index (χ0) is 7.56. The fourth-order valence-corrected chi connectivity index (χ4v) is 1.80. The molecule has 0 spiro atoms. The first-order valence-corrected chi connectivity index (χ1v) is 4.12. The second-order valence-corrected chi connectivity index (χ2v) is 3.31. The highest BCUT2D eigenvalue weighted by atomic mass is 32.2. The van der Waals surface area contributed by atoms with Gasteiger partial charge in [0.05, 0.1) is 6.04 Å². The van der Waals surface area contributed by atoms with Crippen LogP contribution in [0.2, 0.25) is 0 Å². The van der Waals surface area contributed by atoms with E-state index in [4.69, 9.17) is 0 Å². The van der Waals surface area contributed by atoms with Crippen molar-refractivity contribution in [3.05, 3.63) is 0 Å². The summed E-state index contributed by atoms with van der Waals surface area (Å²) >= 11 is 1.29. The van der Waals surface area contributed by atoms with Crippen molar-refractivity contribution in [1.29, 1.82) is 0 Å². The first kappa shape index (κ1) is 7.60. The third-order valence-corrected chi connectivity index (χ3v) is 2.32. The Morgan fingerprint density at radius 1 is 1.80 bits per heavy atom. The molecule has 0 radical (unpaired) electrons. The molecule has 1 aliphatic heterocycles. The van der Waals surface area contributed by atoms with Crippen LogP contribution in [0, 0.1) is 0 Å². The SMILES string of the molecule is CC(=O)N[C@H]1CCSC1=O. The molecule has 1 heterocycles. The highest BCUT2D eigenvalue weighted by Crippen LogP contribution is 2.18. The van der Waals surface area contributed by atoms with Crippen LogP contribution in [0.1, 0.15) is 13.3 Å². The molecular weight excluding hydrogens is 150 g/mol. The number of hydrogen-bond acceptors (Lipinski definition) is 3. The van der Waals surface area contributed by atoms with Gasteiger partial charge in [-0.15, -0.1) is 0 Å². The first-order chi connectivity index (χ1) is 4.70. The first-order valence-electron chi connectivity index (χ1n) is 3.14. The lowest BCUT2D eigenvalue weighted by molar-refractivity contribution is -0.122. The minimum atomic E-state index is -0.220. The normalized spacial score (nSPS) is 24.9. The molecule has 1 N–H and O–H groups in total. The van der Waals surface area contributed by atoms with Crippen LogP contribution < -0.4 is 5.32 Å². The molecule has 0 saturated carbocycles. The molecule has 0 unspecified atom stereocenters. The van der Waals surface area contributed by atoms with Crippen molar-refractivity contribution in [2.45, 2.75) is 19.4 Å². The quantitative estimate of drug-likeness (QED) is 0.592. The smallest absolute Gasteiger partial charge is 0.217 e. The maximum absolute atomic E-state index is 10.9. The number of carbonyl (C=O) groups excluding carboxylic acids is 2.